The van der Waals surface area contributed by atoms with E-state index in [-0.39, 0.29) is 11.4 Å². The molecule has 1 spiro atoms. The molecule has 3 heterocycles. The van der Waals surface area contributed by atoms with Gasteiger partial charge < -0.3 is 9.64 Å². The zero-order valence-corrected chi connectivity index (χ0v) is 16.3. The Hall–Kier alpha value is -2.99. The predicted molar refractivity (Wildman–Crippen MR) is 105 cm³/mol. The number of nitrogens with zero attached hydrogens (tertiary/aromatic N) is 4. The van der Waals surface area contributed by atoms with E-state index in [1.807, 2.05) is 37.2 Å². The third-order valence-electron chi connectivity index (χ3n) is 5.91. The number of benzene rings is 1. The summed E-state index contributed by atoms with van der Waals surface area (Å²) in [5, 5.41) is 4.70. The first kappa shape index (κ1) is 17.1. The van der Waals surface area contributed by atoms with Gasteiger partial charge in [0.1, 0.15) is 5.69 Å². The first-order chi connectivity index (χ1) is 13.5. The Morgan fingerprint density at radius 2 is 1.93 bits per heavy atom. The normalized spacial score (nSPS) is 16.7. The summed E-state index contributed by atoms with van der Waals surface area (Å²) in [4.78, 5) is 19.5. The molecule has 0 bridgehead atoms. The Morgan fingerprint density at radius 3 is 2.61 bits per heavy atom. The number of carbonyl (C=O) groups excluding carboxylic acids is 1. The number of fused-ring (bicyclic) bond motifs is 4. The van der Waals surface area contributed by atoms with Crippen molar-refractivity contribution in [2.75, 3.05) is 14.2 Å². The number of carbonyl (C=O) groups is 1. The molecule has 2 aromatic heterocycles. The van der Waals surface area contributed by atoms with E-state index in [4.69, 9.17) is 9.84 Å². The van der Waals surface area contributed by atoms with Crippen LogP contribution in [-0.4, -0.2) is 39.7 Å². The van der Waals surface area contributed by atoms with Gasteiger partial charge in [0.05, 0.1) is 23.5 Å². The first-order valence-electron chi connectivity index (χ1n) is 9.47. The van der Waals surface area contributed by atoms with Crippen LogP contribution in [0.25, 0.3) is 16.8 Å². The SMILES string of the molecule is COCc1cc2n(n1)-c1cc(-c3ccc(C)nc3)ccc1C1(CC1)N(C)C2=O. The molecule has 0 unspecified atom stereocenters. The molecule has 5 rings (SSSR count). The largest absolute Gasteiger partial charge is 0.378 e. The molecule has 0 N–H and O–H groups in total. The van der Waals surface area contributed by atoms with E-state index < -0.39 is 0 Å². The zero-order valence-electron chi connectivity index (χ0n) is 16.3. The highest BCUT2D eigenvalue weighted by Crippen LogP contribution is 2.54. The number of rotatable bonds is 3. The van der Waals surface area contributed by atoms with Crippen molar-refractivity contribution < 1.29 is 9.53 Å². The molecule has 1 amide bonds. The van der Waals surface area contributed by atoms with Gasteiger partial charge >= 0.3 is 0 Å². The Bertz CT molecular complexity index is 1080. The molecule has 142 valence electrons. The van der Waals surface area contributed by atoms with Gasteiger partial charge in [-0.1, -0.05) is 18.2 Å². The van der Waals surface area contributed by atoms with E-state index in [2.05, 4.69) is 29.2 Å². The van der Waals surface area contributed by atoms with Gasteiger partial charge in [0.15, 0.2) is 0 Å². The lowest BCUT2D eigenvalue weighted by Gasteiger charge is -2.27. The highest BCUT2D eigenvalue weighted by Gasteiger charge is 2.53. The van der Waals surface area contributed by atoms with Crippen molar-refractivity contribution in [3.8, 4) is 16.8 Å². The molecular weight excluding hydrogens is 352 g/mol. The number of hydrogen-bond acceptors (Lipinski definition) is 4. The molecule has 0 radical (unpaired) electrons. The average Bonchev–Trinajstić information content (AvgIpc) is 3.41. The number of methoxy groups -OCH3 is 1. The predicted octanol–water partition coefficient (Wildman–Crippen LogP) is 3.46. The van der Waals surface area contributed by atoms with Crippen molar-refractivity contribution in [3.63, 3.8) is 0 Å². The Labute approximate surface area is 163 Å². The smallest absolute Gasteiger partial charge is 0.273 e. The fraction of sp³-hybridized carbons (Fsp3) is 0.318. The zero-order chi connectivity index (χ0) is 19.5. The van der Waals surface area contributed by atoms with Crippen LogP contribution in [0.5, 0.6) is 0 Å². The second-order valence-corrected chi connectivity index (χ2v) is 7.68. The van der Waals surface area contributed by atoms with Crippen molar-refractivity contribution in [3.05, 3.63) is 65.2 Å². The summed E-state index contributed by atoms with van der Waals surface area (Å²) in [5.74, 6) is 0.00195. The monoisotopic (exact) mass is 374 g/mol. The summed E-state index contributed by atoms with van der Waals surface area (Å²) in [7, 11) is 3.53. The third kappa shape index (κ3) is 2.41. The molecule has 2 aliphatic rings. The number of ether oxygens (including phenoxy) is 1. The van der Waals surface area contributed by atoms with Crippen LogP contribution in [0, 0.1) is 6.92 Å². The second-order valence-electron chi connectivity index (χ2n) is 7.68. The van der Waals surface area contributed by atoms with Gasteiger partial charge in [0.25, 0.3) is 5.91 Å². The van der Waals surface area contributed by atoms with Crippen LogP contribution in [-0.2, 0) is 16.9 Å². The Balaban J connectivity index is 1.73. The van der Waals surface area contributed by atoms with Gasteiger partial charge in [-0.25, -0.2) is 4.68 Å². The van der Waals surface area contributed by atoms with E-state index in [1.54, 1.807) is 11.8 Å². The summed E-state index contributed by atoms with van der Waals surface area (Å²) < 4.78 is 7.03. The minimum Gasteiger partial charge on any atom is -0.378 e. The number of aryl methyl sites for hydroxylation is 1. The first-order valence-corrected chi connectivity index (χ1v) is 9.47. The molecule has 6 nitrogen and oxygen atoms in total. The van der Waals surface area contributed by atoms with Crippen molar-refractivity contribution in [2.45, 2.75) is 31.9 Å². The average molecular weight is 374 g/mol. The minimum atomic E-state index is -0.224. The topological polar surface area (TPSA) is 60.2 Å². The van der Waals surface area contributed by atoms with Crippen LogP contribution in [0.2, 0.25) is 0 Å². The maximum absolute atomic E-state index is 13.2. The highest BCUT2D eigenvalue weighted by atomic mass is 16.5. The molecule has 6 heteroatoms. The molecular formula is C22H22N4O2. The van der Waals surface area contributed by atoms with Crippen LogP contribution < -0.4 is 0 Å². The van der Waals surface area contributed by atoms with E-state index in [0.29, 0.717) is 12.3 Å². The van der Waals surface area contributed by atoms with Crippen molar-refractivity contribution in [1.29, 1.82) is 0 Å². The molecule has 0 atom stereocenters. The number of amides is 1. The number of aromatic nitrogens is 3. The number of pyridine rings is 1. The lowest BCUT2D eigenvalue weighted by molar-refractivity contribution is 0.0704. The third-order valence-corrected chi connectivity index (χ3v) is 5.91. The minimum absolute atomic E-state index is 0.00195. The maximum Gasteiger partial charge on any atom is 0.273 e. The van der Waals surface area contributed by atoms with Gasteiger partial charge in [0.2, 0.25) is 0 Å². The second kappa shape index (κ2) is 6.01. The Kier molecular flexibility index (Phi) is 3.67. The van der Waals surface area contributed by atoms with Crippen molar-refractivity contribution in [2.24, 2.45) is 0 Å². The molecule has 1 aliphatic carbocycles. The van der Waals surface area contributed by atoms with Crippen LogP contribution in [0.15, 0.2) is 42.6 Å². The summed E-state index contributed by atoms with van der Waals surface area (Å²) >= 11 is 0. The summed E-state index contributed by atoms with van der Waals surface area (Å²) in [6.07, 6.45) is 3.84. The molecule has 28 heavy (non-hydrogen) atoms. The summed E-state index contributed by atoms with van der Waals surface area (Å²) in [6, 6.07) is 12.3. The van der Waals surface area contributed by atoms with Crippen molar-refractivity contribution in [1.82, 2.24) is 19.7 Å². The van der Waals surface area contributed by atoms with E-state index >= 15 is 0 Å². The molecule has 1 aromatic carbocycles. The highest BCUT2D eigenvalue weighted by molar-refractivity contribution is 5.95. The quantitative estimate of drug-likeness (QED) is 0.704. The lowest BCUT2D eigenvalue weighted by Crippen LogP contribution is -2.36. The molecule has 1 saturated carbocycles. The fourth-order valence-electron chi connectivity index (χ4n) is 4.17. The lowest BCUT2D eigenvalue weighted by atomic mass is 9.97. The van der Waals surface area contributed by atoms with E-state index in [0.717, 1.165) is 46.6 Å². The van der Waals surface area contributed by atoms with Crippen LogP contribution in [0.4, 0.5) is 0 Å². The van der Waals surface area contributed by atoms with Crippen molar-refractivity contribution >= 4 is 5.91 Å². The Morgan fingerprint density at radius 1 is 1.14 bits per heavy atom. The summed E-state index contributed by atoms with van der Waals surface area (Å²) in [5.41, 5.74) is 6.32. The molecule has 1 fully saturated rings. The van der Waals surface area contributed by atoms with Gasteiger partial charge in [0, 0.05) is 37.2 Å². The van der Waals surface area contributed by atoms with E-state index in [9.17, 15) is 4.79 Å². The van der Waals surface area contributed by atoms with Crippen LogP contribution in [0.1, 0.15) is 40.3 Å². The number of hydrogen-bond donors (Lipinski definition) is 0. The molecule has 3 aromatic rings. The van der Waals surface area contributed by atoms with Gasteiger partial charge in [-0.15, -0.1) is 0 Å². The van der Waals surface area contributed by atoms with Crippen LogP contribution in [0.3, 0.4) is 0 Å². The molecule has 1 aliphatic heterocycles. The van der Waals surface area contributed by atoms with Crippen LogP contribution >= 0.6 is 0 Å². The van der Waals surface area contributed by atoms with Gasteiger partial charge in [-0.2, -0.15) is 5.10 Å². The fourth-order valence-corrected chi connectivity index (χ4v) is 4.17. The van der Waals surface area contributed by atoms with E-state index in [1.165, 1.54) is 0 Å². The molecule has 0 saturated heterocycles. The van der Waals surface area contributed by atoms with Gasteiger partial charge in [-0.05, 0) is 43.5 Å². The standard InChI is InChI=1S/C22H22N4O2/c1-14-4-5-16(12-23-14)15-6-7-18-19(10-15)26-20(11-17(24-26)13-28-3)21(27)25(2)22(18)8-9-22/h4-7,10-12H,8-9,13H2,1-3H3. The van der Waals surface area contributed by atoms with Gasteiger partial charge in [-0.3, -0.25) is 9.78 Å². The summed E-state index contributed by atoms with van der Waals surface area (Å²) in [6.45, 7) is 2.35. The maximum atomic E-state index is 13.2.